The summed E-state index contributed by atoms with van der Waals surface area (Å²) in [6.07, 6.45) is -0.756. The van der Waals surface area contributed by atoms with Gasteiger partial charge in [-0.2, -0.15) is 0 Å². The van der Waals surface area contributed by atoms with Crippen LogP contribution in [0.3, 0.4) is 0 Å². The summed E-state index contributed by atoms with van der Waals surface area (Å²) in [5.74, 6) is -0.325. The summed E-state index contributed by atoms with van der Waals surface area (Å²) in [6.45, 7) is 1.59. The molecule has 0 bridgehead atoms. The predicted octanol–water partition coefficient (Wildman–Crippen LogP) is 4.54. The highest BCUT2D eigenvalue weighted by molar-refractivity contribution is 6.35. The minimum atomic E-state index is -0.756. The van der Waals surface area contributed by atoms with E-state index in [0.717, 1.165) is 0 Å². The van der Waals surface area contributed by atoms with Gasteiger partial charge in [0, 0.05) is 15.7 Å². The summed E-state index contributed by atoms with van der Waals surface area (Å²) in [5, 5.41) is 3.49. The first-order valence-electron chi connectivity index (χ1n) is 6.13. The normalized spacial score (nSPS) is 11.8. The molecule has 2 aromatic carbocycles. The fraction of sp³-hybridized carbons (Fsp3) is 0.133. The molecule has 0 saturated carbocycles. The second kappa shape index (κ2) is 6.78. The van der Waals surface area contributed by atoms with Gasteiger partial charge in [0.2, 0.25) is 0 Å². The largest absolute Gasteiger partial charge is 0.481 e. The van der Waals surface area contributed by atoms with Crippen LogP contribution in [-0.4, -0.2) is 12.0 Å². The molecule has 0 fully saturated rings. The lowest BCUT2D eigenvalue weighted by atomic mass is 10.3. The molecule has 0 unspecified atom stereocenters. The van der Waals surface area contributed by atoms with Gasteiger partial charge in [0.1, 0.15) is 11.6 Å². The summed E-state index contributed by atoms with van der Waals surface area (Å²) in [6, 6.07) is 10.2. The molecule has 0 heterocycles. The van der Waals surface area contributed by atoms with E-state index in [4.69, 9.17) is 27.9 Å². The van der Waals surface area contributed by atoms with Gasteiger partial charge in [-0.25, -0.2) is 4.39 Å². The lowest BCUT2D eigenvalue weighted by Crippen LogP contribution is -2.30. The van der Waals surface area contributed by atoms with Crippen LogP contribution in [0, 0.1) is 5.82 Å². The van der Waals surface area contributed by atoms with Crippen molar-refractivity contribution in [3.63, 3.8) is 0 Å². The number of benzene rings is 2. The Morgan fingerprint density at radius 2 is 1.71 bits per heavy atom. The summed E-state index contributed by atoms with van der Waals surface area (Å²) < 4.78 is 18.2. The molecule has 21 heavy (non-hydrogen) atoms. The van der Waals surface area contributed by atoms with Crippen molar-refractivity contribution >= 4 is 34.8 Å². The molecular formula is C15H12Cl2FNO2. The van der Waals surface area contributed by atoms with E-state index in [2.05, 4.69) is 5.32 Å². The Morgan fingerprint density at radius 1 is 1.14 bits per heavy atom. The van der Waals surface area contributed by atoms with Gasteiger partial charge in [0.05, 0.1) is 0 Å². The summed E-state index contributed by atoms with van der Waals surface area (Å²) in [5.41, 5.74) is 0.479. The van der Waals surface area contributed by atoms with Crippen LogP contribution in [0.4, 0.5) is 10.1 Å². The van der Waals surface area contributed by atoms with Gasteiger partial charge in [-0.15, -0.1) is 0 Å². The van der Waals surface area contributed by atoms with E-state index in [0.29, 0.717) is 21.5 Å². The van der Waals surface area contributed by atoms with Crippen LogP contribution in [0.1, 0.15) is 6.92 Å². The maximum absolute atomic E-state index is 12.8. The lowest BCUT2D eigenvalue weighted by Gasteiger charge is -2.15. The molecule has 0 radical (unpaired) electrons. The number of carbonyl (C=O) groups is 1. The summed E-state index contributed by atoms with van der Waals surface area (Å²) in [4.78, 5) is 12.0. The average molecular weight is 328 g/mol. The van der Waals surface area contributed by atoms with Crippen molar-refractivity contribution < 1.29 is 13.9 Å². The van der Waals surface area contributed by atoms with Crippen LogP contribution in [0.5, 0.6) is 5.75 Å². The number of nitrogens with one attached hydrogen (secondary N) is 1. The van der Waals surface area contributed by atoms with Gasteiger partial charge < -0.3 is 10.1 Å². The number of ether oxygens (including phenoxy) is 1. The minimum absolute atomic E-state index is 0.363. The predicted molar refractivity (Wildman–Crippen MR) is 81.6 cm³/mol. The number of anilines is 1. The summed E-state index contributed by atoms with van der Waals surface area (Å²) >= 11 is 11.7. The van der Waals surface area contributed by atoms with Crippen molar-refractivity contribution in [1.29, 1.82) is 0 Å². The number of rotatable bonds is 4. The first-order chi connectivity index (χ1) is 9.94. The number of hydrogen-bond donors (Lipinski definition) is 1. The summed E-state index contributed by atoms with van der Waals surface area (Å²) in [7, 11) is 0. The first kappa shape index (κ1) is 15.6. The smallest absolute Gasteiger partial charge is 0.265 e. The molecule has 1 atom stereocenters. The number of halogens is 3. The van der Waals surface area contributed by atoms with Crippen molar-refractivity contribution in [2.24, 2.45) is 0 Å². The SMILES string of the molecule is C[C@H](Oc1ccc(F)cc1)C(=O)Nc1cc(Cl)cc(Cl)c1. The zero-order valence-electron chi connectivity index (χ0n) is 11.1. The molecular weight excluding hydrogens is 316 g/mol. The molecule has 0 saturated heterocycles. The van der Waals surface area contributed by atoms with Gasteiger partial charge in [0.25, 0.3) is 5.91 Å². The Bertz CT molecular complexity index is 626. The quantitative estimate of drug-likeness (QED) is 0.895. The Labute approximate surface area is 131 Å². The zero-order valence-corrected chi connectivity index (χ0v) is 12.6. The van der Waals surface area contributed by atoms with Crippen LogP contribution < -0.4 is 10.1 Å². The third kappa shape index (κ3) is 4.62. The van der Waals surface area contributed by atoms with E-state index in [1.54, 1.807) is 25.1 Å². The molecule has 2 aromatic rings. The second-order valence-electron chi connectivity index (χ2n) is 4.36. The van der Waals surface area contributed by atoms with E-state index in [1.165, 1.54) is 24.3 Å². The fourth-order valence-corrected chi connectivity index (χ4v) is 2.17. The standard InChI is InChI=1S/C15H12Cl2FNO2/c1-9(21-14-4-2-12(18)3-5-14)15(20)19-13-7-10(16)6-11(17)8-13/h2-9H,1H3,(H,19,20)/t9-/m0/s1. The molecule has 1 N–H and O–H groups in total. The number of hydrogen-bond acceptors (Lipinski definition) is 2. The molecule has 110 valence electrons. The van der Waals surface area contributed by atoms with Crippen LogP contribution in [0.15, 0.2) is 42.5 Å². The zero-order chi connectivity index (χ0) is 15.4. The highest BCUT2D eigenvalue weighted by Crippen LogP contribution is 2.23. The van der Waals surface area contributed by atoms with Gasteiger partial charge in [-0.3, -0.25) is 4.79 Å². The maximum atomic E-state index is 12.8. The highest BCUT2D eigenvalue weighted by Gasteiger charge is 2.15. The molecule has 0 spiro atoms. The molecule has 1 amide bonds. The fourth-order valence-electron chi connectivity index (χ4n) is 1.64. The van der Waals surface area contributed by atoms with Crippen LogP contribution in [0.25, 0.3) is 0 Å². The van der Waals surface area contributed by atoms with E-state index < -0.39 is 6.10 Å². The Morgan fingerprint density at radius 3 is 2.29 bits per heavy atom. The van der Waals surface area contributed by atoms with Crippen molar-refractivity contribution in [2.45, 2.75) is 13.0 Å². The molecule has 0 aliphatic carbocycles. The second-order valence-corrected chi connectivity index (χ2v) is 5.23. The lowest BCUT2D eigenvalue weighted by molar-refractivity contribution is -0.122. The van der Waals surface area contributed by atoms with Crippen LogP contribution >= 0.6 is 23.2 Å². The highest BCUT2D eigenvalue weighted by atomic mass is 35.5. The van der Waals surface area contributed by atoms with E-state index >= 15 is 0 Å². The van der Waals surface area contributed by atoms with Crippen molar-refractivity contribution in [3.05, 3.63) is 58.3 Å². The number of amides is 1. The van der Waals surface area contributed by atoms with Crippen molar-refractivity contribution in [3.8, 4) is 5.75 Å². The maximum Gasteiger partial charge on any atom is 0.265 e. The number of carbonyl (C=O) groups excluding carboxylic acids is 1. The average Bonchev–Trinajstić information content (AvgIpc) is 2.40. The topological polar surface area (TPSA) is 38.3 Å². The van der Waals surface area contributed by atoms with Gasteiger partial charge in [-0.05, 0) is 49.4 Å². The van der Waals surface area contributed by atoms with Gasteiger partial charge in [0.15, 0.2) is 6.10 Å². The Hall–Kier alpha value is -1.78. The molecule has 6 heteroatoms. The van der Waals surface area contributed by atoms with E-state index in [9.17, 15) is 9.18 Å². The first-order valence-corrected chi connectivity index (χ1v) is 6.89. The van der Waals surface area contributed by atoms with Crippen LogP contribution in [0.2, 0.25) is 10.0 Å². The molecule has 0 aliphatic rings. The Kier molecular flexibility index (Phi) is 5.04. The molecule has 0 aliphatic heterocycles. The molecule has 0 aromatic heterocycles. The van der Waals surface area contributed by atoms with Crippen LogP contribution in [-0.2, 0) is 4.79 Å². The monoisotopic (exact) mass is 327 g/mol. The van der Waals surface area contributed by atoms with Crippen molar-refractivity contribution in [2.75, 3.05) is 5.32 Å². The van der Waals surface area contributed by atoms with Crippen molar-refractivity contribution in [1.82, 2.24) is 0 Å². The Balaban J connectivity index is 2.00. The third-order valence-corrected chi connectivity index (χ3v) is 3.06. The minimum Gasteiger partial charge on any atom is -0.481 e. The third-order valence-electron chi connectivity index (χ3n) is 2.63. The van der Waals surface area contributed by atoms with E-state index in [1.807, 2.05) is 0 Å². The molecule has 3 nitrogen and oxygen atoms in total. The van der Waals surface area contributed by atoms with Gasteiger partial charge in [-0.1, -0.05) is 23.2 Å². The van der Waals surface area contributed by atoms with Gasteiger partial charge >= 0.3 is 0 Å². The molecule has 2 rings (SSSR count). The van der Waals surface area contributed by atoms with E-state index in [-0.39, 0.29) is 11.7 Å².